The van der Waals surface area contributed by atoms with E-state index in [4.69, 9.17) is 20.0 Å². The summed E-state index contributed by atoms with van der Waals surface area (Å²) in [5.41, 5.74) is 0. The minimum atomic E-state index is -0.485. The summed E-state index contributed by atoms with van der Waals surface area (Å²) in [6, 6.07) is 0. The molecule has 0 saturated carbocycles. The van der Waals surface area contributed by atoms with Crippen LogP contribution in [0.25, 0.3) is 0 Å². The fourth-order valence-corrected chi connectivity index (χ4v) is 5.44. The maximum Gasteiger partial charge on any atom is 0.488 e. The first-order valence-corrected chi connectivity index (χ1v) is 9.72. The Labute approximate surface area is 150 Å². The van der Waals surface area contributed by atoms with Crippen molar-refractivity contribution in [3.8, 4) is 0 Å². The Balaban J connectivity index is 1.67. The summed E-state index contributed by atoms with van der Waals surface area (Å²) >= 11 is 0. The van der Waals surface area contributed by atoms with Gasteiger partial charge in [-0.15, -0.1) is 18.3 Å². The quantitative estimate of drug-likeness (QED) is 0.660. The highest BCUT2D eigenvalue weighted by Gasteiger charge is 2.73. The molecule has 0 aromatic heterocycles. The largest absolute Gasteiger partial charge is 0.488 e. The molecule has 0 saturated heterocycles. The van der Waals surface area contributed by atoms with Crippen molar-refractivity contribution in [2.75, 3.05) is 0 Å². The van der Waals surface area contributed by atoms with Gasteiger partial charge in [0.1, 0.15) is 0 Å². The lowest BCUT2D eigenvalue weighted by atomic mass is 10.2. The van der Waals surface area contributed by atoms with Gasteiger partial charge in [0.15, 0.2) is 0 Å². The first-order chi connectivity index (χ1) is 12.8. The van der Waals surface area contributed by atoms with Gasteiger partial charge in [-0.2, -0.15) is 0 Å². The van der Waals surface area contributed by atoms with Gasteiger partial charge in [0.25, 0.3) is 40.8 Å². The van der Waals surface area contributed by atoms with E-state index in [0.717, 1.165) is 92.2 Å². The fourth-order valence-electron chi connectivity index (χ4n) is 5.44. The van der Waals surface area contributed by atoms with Crippen molar-refractivity contribution >= 4 is 47.2 Å². The molecule has 8 heteroatoms. The van der Waals surface area contributed by atoms with Crippen molar-refractivity contribution in [2.45, 2.75) is 64.2 Å². The first kappa shape index (κ1) is 13.5. The number of rotatable bonds is 2. The molecule has 1 spiro atoms. The Bertz CT molecular complexity index is 1080. The predicted molar refractivity (Wildman–Crippen MR) is 97.2 cm³/mol. The molecule has 0 amide bonds. The molecule has 26 heavy (non-hydrogen) atoms. The van der Waals surface area contributed by atoms with E-state index in [-0.39, 0.29) is 0 Å². The van der Waals surface area contributed by atoms with Gasteiger partial charge in [-0.1, -0.05) is 26.9 Å². The molecule has 128 valence electrons. The Morgan fingerprint density at radius 3 is 2.04 bits per heavy atom. The Morgan fingerprint density at radius 2 is 1.38 bits per heavy atom. The summed E-state index contributed by atoms with van der Waals surface area (Å²) in [6.45, 7) is 2.22. The second-order valence-electron chi connectivity index (χ2n) is 7.72. The fraction of sp³-hybridized carbons (Fsp3) is 0.556. The summed E-state index contributed by atoms with van der Waals surface area (Å²) in [6.07, 6.45) is 9.81. The number of aliphatic imine (C=N–C) groups is 4. The number of amidine groups is 7. The minimum absolute atomic E-state index is 0.485. The summed E-state index contributed by atoms with van der Waals surface area (Å²) in [5.74, 6) is 7.51. The lowest BCUT2D eigenvalue weighted by Crippen LogP contribution is -2.76. The van der Waals surface area contributed by atoms with E-state index in [1.807, 2.05) is 6.34 Å². The van der Waals surface area contributed by atoms with Gasteiger partial charge in [0.05, 0.1) is 0 Å². The molecule has 0 radical (unpaired) electrons. The molecular weight excluding hydrogens is 328 g/mol. The van der Waals surface area contributed by atoms with Gasteiger partial charge in [-0.3, -0.25) is 0 Å². The molecule has 8 nitrogen and oxygen atoms in total. The Hall–Kier alpha value is -2.64. The SMILES string of the molecule is CCCC1=NC2=[N+]3C(=NC4=[N+]5C(=NC6=[N+]7C(=NC=[N+]1C375)CC6)CC4)CC2. The van der Waals surface area contributed by atoms with Crippen LogP contribution in [0.3, 0.4) is 0 Å². The van der Waals surface area contributed by atoms with Gasteiger partial charge in [-0.25, -0.2) is 0 Å². The number of hydrogen-bond acceptors (Lipinski definition) is 4. The predicted octanol–water partition coefficient (Wildman–Crippen LogP) is 0.701. The van der Waals surface area contributed by atoms with E-state index < -0.39 is 5.91 Å². The van der Waals surface area contributed by atoms with Crippen molar-refractivity contribution in [3.63, 3.8) is 0 Å². The van der Waals surface area contributed by atoms with Crippen LogP contribution in [0.4, 0.5) is 0 Å². The smallest absolute Gasteiger partial charge is 0.132 e. The zero-order valence-electron chi connectivity index (χ0n) is 14.8. The third-order valence-corrected chi connectivity index (χ3v) is 6.34. The average Bonchev–Trinajstić information content (AvgIpc) is 3.36. The molecule has 7 aliphatic heterocycles. The van der Waals surface area contributed by atoms with Gasteiger partial charge in [0, 0.05) is 44.9 Å². The third kappa shape index (κ3) is 1.24. The first-order valence-electron chi connectivity index (χ1n) is 9.72. The minimum Gasteiger partial charge on any atom is -0.132 e. The summed E-state index contributed by atoms with van der Waals surface area (Å²) in [5, 5.41) is 0. The lowest BCUT2D eigenvalue weighted by Gasteiger charge is -2.38. The van der Waals surface area contributed by atoms with E-state index in [9.17, 15) is 0 Å². The van der Waals surface area contributed by atoms with E-state index in [1.165, 1.54) is 0 Å². The molecule has 0 N–H and O–H groups in total. The summed E-state index contributed by atoms with van der Waals surface area (Å²) in [7, 11) is 0. The van der Waals surface area contributed by atoms with E-state index in [1.54, 1.807) is 0 Å². The molecule has 1 unspecified atom stereocenters. The van der Waals surface area contributed by atoms with E-state index >= 15 is 0 Å². The van der Waals surface area contributed by atoms with Crippen LogP contribution < -0.4 is 0 Å². The maximum atomic E-state index is 5.06. The maximum absolute atomic E-state index is 5.06. The van der Waals surface area contributed by atoms with Gasteiger partial charge in [0.2, 0.25) is 6.34 Å². The molecule has 0 aromatic carbocycles. The second kappa shape index (κ2) is 4.19. The topological polar surface area (TPSA) is 61.5 Å². The molecule has 0 fully saturated rings. The second-order valence-corrected chi connectivity index (χ2v) is 7.72. The van der Waals surface area contributed by atoms with Crippen LogP contribution in [0.5, 0.6) is 0 Å². The van der Waals surface area contributed by atoms with Gasteiger partial charge >= 0.3 is 5.91 Å². The highest BCUT2D eigenvalue weighted by Crippen LogP contribution is 2.39. The molecule has 7 rings (SSSR count). The van der Waals surface area contributed by atoms with Crippen LogP contribution >= 0.6 is 0 Å². The van der Waals surface area contributed by atoms with Crippen molar-refractivity contribution in [1.29, 1.82) is 0 Å². The third-order valence-electron chi connectivity index (χ3n) is 6.34. The number of nitrogens with zero attached hydrogens (tertiary/aromatic N) is 8. The Kier molecular flexibility index (Phi) is 2.18. The van der Waals surface area contributed by atoms with Crippen LogP contribution in [-0.4, -0.2) is 71.4 Å². The van der Waals surface area contributed by atoms with Crippen molar-refractivity contribution in [1.82, 2.24) is 0 Å². The molecular formula is C18H20N8+4. The van der Waals surface area contributed by atoms with Crippen molar-refractivity contribution in [3.05, 3.63) is 0 Å². The molecule has 0 bridgehead atoms. The summed E-state index contributed by atoms with van der Waals surface area (Å²) in [4.78, 5) is 19.9. The average molecular weight is 348 g/mol. The van der Waals surface area contributed by atoms with Crippen LogP contribution in [0, 0.1) is 0 Å². The van der Waals surface area contributed by atoms with Gasteiger partial charge in [-0.05, 0) is 6.42 Å². The van der Waals surface area contributed by atoms with E-state index in [0.29, 0.717) is 0 Å². The van der Waals surface area contributed by atoms with Crippen LogP contribution in [0.1, 0.15) is 58.3 Å². The normalized spacial score (nSPS) is 32.3. The highest BCUT2D eigenvalue weighted by atomic mass is 15.7. The lowest BCUT2D eigenvalue weighted by molar-refractivity contribution is -1.06. The Morgan fingerprint density at radius 1 is 0.808 bits per heavy atom. The van der Waals surface area contributed by atoms with Crippen LogP contribution in [0.15, 0.2) is 20.0 Å². The van der Waals surface area contributed by atoms with Crippen molar-refractivity contribution in [2.24, 2.45) is 20.0 Å². The van der Waals surface area contributed by atoms with Gasteiger partial charge < -0.3 is 0 Å². The van der Waals surface area contributed by atoms with Crippen LogP contribution in [0.2, 0.25) is 0 Å². The molecule has 1 atom stereocenters. The zero-order chi connectivity index (χ0) is 17.0. The number of hydrogen-bond donors (Lipinski definition) is 0. The highest BCUT2D eigenvalue weighted by molar-refractivity contribution is 6.10. The summed E-state index contributed by atoms with van der Waals surface area (Å²) < 4.78 is 9.44. The molecule has 0 aromatic rings. The monoisotopic (exact) mass is 348 g/mol. The standard InChI is InChI=1S/C18H20N8/c1-2-3-12-20-13-6-7-16-22-17-9-8-15-21-14-5-4-11-19-10-23(12)18(24(11)14,25(13)16)26(15)17/h10H,2-9H2,1H3/q+4. The molecule has 7 heterocycles. The molecule has 0 aliphatic carbocycles. The van der Waals surface area contributed by atoms with Crippen LogP contribution in [-0.2, 0) is 0 Å². The molecule has 7 aliphatic rings. The van der Waals surface area contributed by atoms with Crippen molar-refractivity contribution < 1.29 is 18.3 Å². The van der Waals surface area contributed by atoms with E-state index in [2.05, 4.69) is 25.2 Å². The zero-order valence-corrected chi connectivity index (χ0v) is 14.8.